The summed E-state index contributed by atoms with van der Waals surface area (Å²) in [5.74, 6) is 0.693. The SMILES string of the molecule is CCCNC(C1OCCC1C)C(C)(C)C. The molecule has 0 radical (unpaired) electrons. The summed E-state index contributed by atoms with van der Waals surface area (Å²) in [5.41, 5.74) is 0.276. The first-order valence-electron chi connectivity index (χ1n) is 6.31. The molecule has 3 atom stereocenters. The van der Waals surface area contributed by atoms with Gasteiger partial charge in [0.25, 0.3) is 0 Å². The average molecular weight is 213 g/mol. The molecule has 1 fully saturated rings. The van der Waals surface area contributed by atoms with Gasteiger partial charge in [-0.1, -0.05) is 34.6 Å². The van der Waals surface area contributed by atoms with Gasteiger partial charge in [0.15, 0.2) is 0 Å². The molecule has 0 saturated carbocycles. The van der Waals surface area contributed by atoms with E-state index in [2.05, 4.69) is 39.9 Å². The molecule has 0 aromatic heterocycles. The Morgan fingerprint density at radius 3 is 2.47 bits per heavy atom. The second-order valence-electron chi connectivity index (χ2n) is 5.90. The van der Waals surface area contributed by atoms with E-state index in [1.54, 1.807) is 0 Å². The Kier molecular flexibility index (Phi) is 4.60. The normalized spacial score (nSPS) is 29.4. The minimum absolute atomic E-state index is 0.276. The second-order valence-corrected chi connectivity index (χ2v) is 5.90. The quantitative estimate of drug-likeness (QED) is 0.775. The first-order chi connectivity index (χ1) is 6.96. The van der Waals surface area contributed by atoms with Crippen molar-refractivity contribution < 1.29 is 4.74 Å². The minimum Gasteiger partial charge on any atom is -0.376 e. The summed E-state index contributed by atoms with van der Waals surface area (Å²) in [6, 6.07) is 0.481. The van der Waals surface area contributed by atoms with Gasteiger partial charge in [0, 0.05) is 12.6 Å². The third-order valence-electron chi connectivity index (χ3n) is 3.32. The van der Waals surface area contributed by atoms with E-state index in [4.69, 9.17) is 4.74 Å². The van der Waals surface area contributed by atoms with Crippen molar-refractivity contribution in [2.75, 3.05) is 13.2 Å². The van der Waals surface area contributed by atoms with Gasteiger partial charge >= 0.3 is 0 Å². The van der Waals surface area contributed by atoms with Gasteiger partial charge in [-0.2, -0.15) is 0 Å². The maximum Gasteiger partial charge on any atom is 0.0759 e. The maximum atomic E-state index is 5.89. The van der Waals surface area contributed by atoms with E-state index in [0.29, 0.717) is 18.1 Å². The van der Waals surface area contributed by atoms with Crippen LogP contribution in [0, 0.1) is 11.3 Å². The highest BCUT2D eigenvalue weighted by molar-refractivity contribution is 4.92. The average Bonchev–Trinajstić information content (AvgIpc) is 2.51. The van der Waals surface area contributed by atoms with Gasteiger partial charge in [-0.3, -0.25) is 0 Å². The van der Waals surface area contributed by atoms with E-state index in [1.807, 2.05) is 0 Å². The molecule has 0 bridgehead atoms. The van der Waals surface area contributed by atoms with Crippen LogP contribution in [0.4, 0.5) is 0 Å². The van der Waals surface area contributed by atoms with Gasteiger partial charge in [0.1, 0.15) is 0 Å². The summed E-state index contributed by atoms with van der Waals surface area (Å²) >= 11 is 0. The lowest BCUT2D eigenvalue weighted by atomic mass is 9.79. The van der Waals surface area contributed by atoms with E-state index >= 15 is 0 Å². The van der Waals surface area contributed by atoms with Gasteiger partial charge < -0.3 is 10.1 Å². The predicted molar refractivity (Wildman–Crippen MR) is 65.1 cm³/mol. The molecule has 2 heteroatoms. The van der Waals surface area contributed by atoms with E-state index in [0.717, 1.165) is 13.2 Å². The number of nitrogens with one attached hydrogen (secondary N) is 1. The first-order valence-corrected chi connectivity index (χ1v) is 6.31. The van der Waals surface area contributed by atoms with Crippen LogP contribution >= 0.6 is 0 Å². The van der Waals surface area contributed by atoms with E-state index in [-0.39, 0.29) is 5.41 Å². The van der Waals surface area contributed by atoms with Crippen molar-refractivity contribution in [2.24, 2.45) is 11.3 Å². The molecular formula is C13H27NO. The molecule has 0 aromatic carbocycles. The van der Waals surface area contributed by atoms with Gasteiger partial charge in [0.05, 0.1) is 6.10 Å². The molecule has 1 rings (SSSR count). The van der Waals surface area contributed by atoms with Gasteiger partial charge in [-0.25, -0.2) is 0 Å². The van der Waals surface area contributed by atoms with Crippen LogP contribution in [0.2, 0.25) is 0 Å². The number of ether oxygens (including phenoxy) is 1. The zero-order chi connectivity index (χ0) is 11.5. The molecule has 1 saturated heterocycles. The van der Waals surface area contributed by atoms with Crippen molar-refractivity contribution in [2.45, 2.75) is 59.6 Å². The highest BCUT2D eigenvalue weighted by Crippen LogP contribution is 2.31. The smallest absolute Gasteiger partial charge is 0.0759 e. The van der Waals surface area contributed by atoms with E-state index < -0.39 is 0 Å². The molecular weight excluding hydrogens is 186 g/mol. The fraction of sp³-hybridized carbons (Fsp3) is 1.00. The van der Waals surface area contributed by atoms with Crippen LogP contribution in [0.5, 0.6) is 0 Å². The van der Waals surface area contributed by atoms with Gasteiger partial charge in [0.2, 0.25) is 0 Å². The van der Waals surface area contributed by atoms with Crippen LogP contribution < -0.4 is 5.32 Å². The summed E-state index contributed by atoms with van der Waals surface area (Å²) in [5, 5.41) is 3.66. The summed E-state index contributed by atoms with van der Waals surface area (Å²) in [7, 11) is 0. The highest BCUT2D eigenvalue weighted by Gasteiger charge is 2.38. The maximum absolute atomic E-state index is 5.89. The fourth-order valence-corrected chi connectivity index (χ4v) is 2.36. The molecule has 2 nitrogen and oxygen atoms in total. The number of rotatable bonds is 4. The van der Waals surface area contributed by atoms with Gasteiger partial charge in [-0.15, -0.1) is 0 Å². The summed E-state index contributed by atoms with van der Waals surface area (Å²) in [6.45, 7) is 13.5. The van der Waals surface area contributed by atoms with Crippen molar-refractivity contribution in [3.63, 3.8) is 0 Å². The lowest BCUT2D eigenvalue weighted by molar-refractivity contribution is 0.0232. The Morgan fingerprint density at radius 2 is 2.07 bits per heavy atom. The molecule has 15 heavy (non-hydrogen) atoms. The molecule has 0 spiro atoms. The number of hydrogen-bond acceptors (Lipinski definition) is 2. The van der Waals surface area contributed by atoms with Crippen molar-refractivity contribution in [3.05, 3.63) is 0 Å². The van der Waals surface area contributed by atoms with Crippen LogP contribution in [-0.2, 0) is 4.74 Å². The third kappa shape index (κ3) is 3.46. The van der Waals surface area contributed by atoms with Crippen molar-refractivity contribution in [1.82, 2.24) is 5.32 Å². The Hall–Kier alpha value is -0.0800. The van der Waals surface area contributed by atoms with Crippen LogP contribution in [0.1, 0.15) is 47.5 Å². The standard InChI is InChI=1S/C13H27NO/c1-6-8-14-12(13(3,4)5)11-10(2)7-9-15-11/h10-12,14H,6-9H2,1-5H3. The Labute approximate surface area is 94.8 Å². The van der Waals surface area contributed by atoms with Crippen molar-refractivity contribution in [1.29, 1.82) is 0 Å². The Balaban J connectivity index is 2.62. The molecule has 1 aliphatic rings. The van der Waals surface area contributed by atoms with Crippen molar-refractivity contribution in [3.8, 4) is 0 Å². The fourth-order valence-electron chi connectivity index (χ4n) is 2.36. The summed E-state index contributed by atoms with van der Waals surface area (Å²) < 4.78 is 5.89. The molecule has 1 aliphatic heterocycles. The lowest BCUT2D eigenvalue weighted by Gasteiger charge is -2.37. The minimum atomic E-state index is 0.276. The Bertz CT molecular complexity index is 185. The lowest BCUT2D eigenvalue weighted by Crippen LogP contribution is -2.50. The molecule has 1 heterocycles. The van der Waals surface area contributed by atoms with Crippen LogP contribution in [-0.4, -0.2) is 25.3 Å². The first kappa shape index (κ1) is 13.0. The van der Waals surface area contributed by atoms with Crippen molar-refractivity contribution >= 4 is 0 Å². The third-order valence-corrected chi connectivity index (χ3v) is 3.32. The summed E-state index contributed by atoms with van der Waals surface area (Å²) in [4.78, 5) is 0. The molecule has 3 unspecified atom stereocenters. The largest absolute Gasteiger partial charge is 0.376 e. The number of hydrogen-bond donors (Lipinski definition) is 1. The van der Waals surface area contributed by atoms with Crippen LogP contribution in [0.15, 0.2) is 0 Å². The molecule has 1 N–H and O–H groups in total. The zero-order valence-electron chi connectivity index (χ0n) is 11.0. The molecule has 0 aliphatic carbocycles. The predicted octanol–water partition coefficient (Wildman–Crippen LogP) is 2.83. The zero-order valence-corrected chi connectivity index (χ0v) is 11.0. The molecule has 90 valence electrons. The van der Waals surface area contributed by atoms with Crippen LogP contribution in [0.3, 0.4) is 0 Å². The monoisotopic (exact) mass is 213 g/mol. The highest BCUT2D eigenvalue weighted by atomic mass is 16.5. The second kappa shape index (κ2) is 5.31. The Morgan fingerprint density at radius 1 is 1.40 bits per heavy atom. The van der Waals surface area contributed by atoms with Gasteiger partial charge in [-0.05, 0) is 30.7 Å². The van der Waals surface area contributed by atoms with E-state index in [9.17, 15) is 0 Å². The molecule has 0 aromatic rings. The molecule has 0 amide bonds. The summed E-state index contributed by atoms with van der Waals surface area (Å²) in [6.07, 6.45) is 2.80. The van der Waals surface area contributed by atoms with E-state index in [1.165, 1.54) is 12.8 Å². The topological polar surface area (TPSA) is 21.3 Å². The van der Waals surface area contributed by atoms with Crippen LogP contribution in [0.25, 0.3) is 0 Å².